The summed E-state index contributed by atoms with van der Waals surface area (Å²) in [6, 6.07) is 1.69. The zero-order chi connectivity index (χ0) is 12.3. The van der Waals surface area contributed by atoms with E-state index >= 15 is 0 Å². The molecule has 1 aromatic heterocycles. The summed E-state index contributed by atoms with van der Waals surface area (Å²) in [6.07, 6.45) is 7.44. The van der Waals surface area contributed by atoms with Crippen molar-refractivity contribution in [3.8, 4) is 0 Å². The molecule has 1 aliphatic rings. The predicted octanol–water partition coefficient (Wildman–Crippen LogP) is 2.58. The molecule has 0 saturated heterocycles. The van der Waals surface area contributed by atoms with Crippen molar-refractivity contribution in [1.82, 2.24) is 4.57 Å². The van der Waals surface area contributed by atoms with E-state index in [0.717, 1.165) is 32.2 Å². The molecule has 1 aromatic rings. The Morgan fingerprint density at radius 2 is 2.18 bits per heavy atom. The van der Waals surface area contributed by atoms with Crippen molar-refractivity contribution in [3.05, 3.63) is 18.0 Å². The van der Waals surface area contributed by atoms with Crippen LogP contribution in [0.2, 0.25) is 0 Å². The Labute approximate surface area is 102 Å². The molecule has 0 bridgehead atoms. The summed E-state index contributed by atoms with van der Waals surface area (Å²) in [5.41, 5.74) is 6.88. The number of hydrogen-bond acceptors (Lipinski definition) is 3. The number of esters is 1. The van der Waals surface area contributed by atoms with Crippen LogP contribution in [0.1, 0.15) is 49.5 Å². The van der Waals surface area contributed by atoms with Gasteiger partial charge >= 0.3 is 5.97 Å². The number of carbonyl (C=O) groups is 1. The van der Waals surface area contributed by atoms with Gasteiger partial charge in [0, 0.05) is 12.7 Å². The molecule has 4 nitrogen and oxygen atoms in total. The van der Waals surface area contributed by atoms with Crippen LogP contribution < -0.4 is 5.73 Å². The van der Waals surface area contributed by atoms with Crippen molar-refractivity contribution in [2.24, 2.45) is 0 Å². The molecular formula is C13H20N2O2. The van der Waals surface area contributed by atoms with Gasteiger partial charge < -0.3 is 15.0 Å². The quantitative estimate of drug-likeness (QED) is 0.821. The molecule has 4 heteroatoms. The lowest BCUT2D eigenvalue weighted by molar-refractivity contribution is 0.0199. The second kappa shape index (κ2) is 5.25. The molecule has 2 rings (SSSR count). The molecule has 1 aliphatic carbocycles. The van der Waals surface area contributed by atoms with Crippen molar-refractivity contribution in [2.75, 3.05) is 5.73 Å². The minimum absolute atomic E-state index is 0.0951. The van der Waals surface area contributed by atoms with Gasteiger partial charge in [0.25, 0.3) is 0 Å². The van der Waals surface area contributed by atoms with E-state index in [1.807, 2.05) is 11.5 Å². The van der Waals surface area contributed by atoms with Crippen LogP contribution in [-0.2, 0) is 11.3 Å². The van der Waals surface area contributed by atoms with E-state index in [9.17, 15) is 4.79 Å². The van der Waals surface area contributed by atoms with Gasteiger partial charge in [-0.2, -0.15) is 0 Å². The lowest BCUT2D eigenvalue weighted by Crippen LogP contribution is -2.22. The second-order valence-electron chi connectivity index (χ2n) is 4.61. The highest BCUT2D eigenvalue weighted by Crippen LogP contribution is 2.22. The monoisotopic (exact) mass is 236 g/mol. The van der Waals surface area contributed by atoms with Crippen LogP contribution in [-0.4, -0.2) is 16.6 Å². The first-order valence-electron chi connectivity index (χ1n) is 6.37. The Hall–Kier alpha value is -1.45. The maximum absolute atomic E-state index is 12.0. The lowest BCUT2D eigenvalue weighted by Gasteiger charge is -2.21. The number of aryl methyl sites for hydroxylation is 1. The fourth-order valence-electron chi connectivity index (χ4n) is 2.36. The van der Waals surface area contributed by atoms with Gasteiger partial charge in [-0.3, -0.25) is 0 Å². The smallest absolute Gasteiger partial charge is 0.355 e. The standard InChI is InChI=1S/C13H20N2O2/c1-2-15-9-10(14)8-12(15)13(16)17-11-6-4-3-5-7-11/h8-9,11H,2-7,14H2,1H3. The highest BCUT2D eigenvalue weighted by atomic mass is 16.5. The summed E-state index contributed by atoms with van der Waals surface area (Å²) < 4.78 is 7.35. The van der Waals surface area contributed by atoms with Crippen LogP contribution in [0.4, 0.5) is 5.69 Å². The minimum Gasteiger partial charge on any atom is -0.458 e. The Morgan fingerprint density at radius 1 is 1.47 bits per heavy atom. The summed E-state index contributed by atoms with van der Waals surface area (Å²) in [6.45, 7) is 2.71. The fourth-order valence-corrected chi connectivity index (χ4v) is 2.36. The van der Waals surface area contributed by atoms with Crippen molar-refractivity contribution < 1.29 is 9.53 Å². The van der Waals surface area contributed by atoms with Crippen molar-refractivity contribution >= 4 is 11.7 Å². The lowest BCUT2D eigenvalue weighted by atomic mass is 9.98. The third-order valence-corrected chi connectivity index (χ3v) is 3.29. The van der Waals surface area contributed by atoms with Crippen LogP contribution in [0, 0.1) is 0 Å². The van der Waals surface area contributed by atoms with E-state index in [-0.39, 0.29) is 12.1 Å². The molecule has 0 spiro atoms. The number of rotatable bonds is 3. The second-order valence-corrected chi connectivity index (χ2v) is 4.61. The number of anilines is 1. The van der Waals surface area contributed by atoms with Crippen LogP contribution in [0.3, 0.4) is 0 Å². The van der Waals surface area contributed by atoms with E-state index in [4.69, 9.17) is 10.5 Å². The number of nitrogens with zero attached hydrogens (tertiary/aromatic N) is 1. The molecule has 94 valence electrons. The summed E-state index contributed by atoms with van der Waals surface area (Å²) in [5, 5.41) is 0. The summed E-state index contributed by atoms with van der Waals surface area (Å²) in [7, 11) is 0. The number of hydrogen-bond donors (Lipinski definition) is 1. The third kappa shape index (κ3) is 2.81. The minimum atomic E-state index is -0.240. The Balaban J connectivity index is 2.02. The van der Waals surface area contributed by atoms with Gasteiger partial charge in [-0.05, 0) is 38.7 Å². The molecule has 2 N–H and O–H groups in total. The van der Waals surface area contributed by atoms with Gasteiger partial charge in [-0.15, -0.1) is 0 Å². The van der Waals surface area contributed by atoms with Gasteiger partial charge in [0.2, 0.25) is 0 Å². The van der Waals surface area contributed by atoms with Crippen LogP contribution >= 0.6 is 0 Å². The molecule has 0 unspecified atom stereocenters. The topological polar surface area (TPSA) is 57.2 Å². The largest absolute Gasteiger partial charge is 0.458 e. The summed E-state index contributed by atoms with van der Waals surface area (Å²) in [4.78, 5) is 12.0. The van der Waals surface area contributed by atoms with Gasteiger partial charge in [-0.25, -0.2) is 4.79 Å². The van der Waals surface area contributed by atoms with E-state index in [0.29, 0.717) is 11.4 Å². The molecule has 1 fully saturated rings. The normalized spacial score (nSPS) is 17.0. The first kappa shape index (κ1) is 12.0. The first-order valence-corrected chi connectivity index (χ1v) is 6.37. The van der Waals surface area contributed by atoms with Crippen LogP contribution in [0.25, 0.3) is 0 Å². The van der Waals surface area contributed by atoms with Crippen molar-refractivity contribution in [3.63, 3.8) is 0 Å². The number of ether oxygens (including phenoxy) is 1. The molecule has 0 atom stereocenters. The highest BCUT2D eigenvalue weighted by molar-refractivity contribution is 5.89. The molecule has 17 heavy (non-hydrogen) atoms. The molecule has 1 saturated carbocycles. The molecule has 0 radical (unpaired) electrons. The van der Waals surface area contributed by atoms with E-state index in [2.05, 4.69) is 0 Å². The van der Waals surface area contributed by atoms with Gasteiger partial charge in [0.15, 0.2) is 0 Å². The Morgan fingerprint density at radius 3 is 2.82 bits per heavy atom. The average Bonchev–Trinajstić information content (AvgIpc) is 2.72. The maximum atomic E-state index is 12.0. The van der Waals surface area contributed by atoms with Crippen LogP contribution in [0.15, 0.2) is 12.3 Å². The fraction of sp³-hybridized carbons (Fsp3) is 0.615. The summed E-state index contributed by atoms with van der Waals surface area (Å²) >= 11 is 0. The predicted molar refractivity (Wildman–Crippen MR) is 66.8 cm³/mol. The zero-order valence-electron chi connectivity index (χ0n) is 10.3. The molecule has 0 aromatic carbocycles. The van der Waals surface area contributed by atoms with Gasteiger partial charge in [-0.1, -0.05) is 6.42 Å². The number of nitrogen functional groups attached to an aromatic ring is 1. The van der Waals surface area contributed by atoms with Gasteiger partial charge in [0.1, 0.15) is 11.8 Å². The van der Waals surface area contributed by atoms with E-state index in [1.54, 1.807) is 12.3 Å². The highest BCUT2D eigenvalue weighted by Gasteiger charge is 2.20. The molecule has 0 aliphatic heterocycles. The van der Waals surface area contributed by atoms with Crippen molar-refractivity contribution in [1.29, 1.82) is 0 Å². The van der Waals surface area contributed by atoms with Crippen molar-refractivity contribution in [2.45, 2.75) is 51.7 Å². The number of nitrogens with two attached hydrogens (primary N) is 1. The van der Waals surface area contributed by atoms with Gasteiger partial charge in [0.05, 0.1) is 5.69 Å². The maximum Gasteiger partial charge on any atom is 0.355 e. The Kier molecular flexibility index (Phi) is 3.71. The Bertz CT molecular complexity index is 392. The van der Waals surface area contributed by atoms with Crippen LogP contribution in [0.5, 0.6) is 0 Å². The van der Waals surface area contributed by atoms with E-state index in [1.165, 1.54) is 6.42 Å². The zero-order valence-corrected chi connectivity index (χ0v) is 10.3. The summed E-state index contributed by atoms with van der Waals surface area (Å²) in [5.74, 6) is -0.240. The number of aromatic nitrogens is 1. The SMILES string of the molecule is CCn1cc(N)cc1C(=O)OC1CCCCC1. The average molecular weight is 236 g/mol. The first-order chi connectivity index (χ1) is 8.20. The third-order valence-electron chi connectivity index (χ3n) is 3.29. The molecular weight excluding hydrogens is 216 g/mol. The number of carbonyl (C=O) groups excluding carboxylic acids is 1. The molecule has 1 heterocycles. The molecule has 0 amide bonds. The van der Waals surface area contributed by atoms with E-state index < -0.39 is 0 Å².